The van der Waals surface area contributed by atoms with E-state index < -0.39 is 0 Å². The molecular formula is C19H22N2OS. The summed E-state index contributed by atoms with van der Waals surface area (Å²) in [6.45, 7) is 5.45. The van der Waals surface area contributed by atoms with Crippen LogP contribution < -0.4 is 10.2 Å². The number of thioether (sulfide) groups is 1. The van der Waals surface area contributed by atoms with Crippen LogP contribution in [-0.4, -0.2) is 24.7 Å². The lowest BCUT2D eigenvalue weighted by Crippen LogP contribution is -2.34. The lowest BCUT2D eigenvalue weighted by molar-refractivity contribution is -0.115. The van der Waals surface area contributed by atoms with Gasteiger partial charge in [0.05, 0.1) is 12.2 Å². The maximum Gasteiger partial charge on any atom is 0.243 e. The van der Waals surface area contributed by atoms with Crippen LogP contribution in [-0.2, 0) is 4.79 Å². The molecule has 2 aromatic carbocycles. The first-order valence-electron chi connectivity index (χ1n) is 7.97. The molecule has 3 nitrogen and oxygen atoms in total. The molecule has 3 rings (SSSR count). The van der Waals surface area contributed by atoms with Gasteiger partial charge in [-0.2, -0.15) is 0 Å². The molecule has 23 heavy (non-hydrogen) atoms. The van der Waals surface area contributed by atoms with E-state index in [2.05, 4.69) is 42.3 Å². The summed E-state index contributed by atoms with van der Waals surface area (Å²) >= 11 is 1.87. The molecule has 0 atom stereocenters. The number of carbonyl (C=O) groups excluding carboxylic acids is 1. The molecular weight excluding hydrogens is 304 g/mol. The molecule has 1 amide bonds. The Morgan fingerprint density at radius 2 is 2.00 bits per heavy atom. The summed E-state index contributed by atoms with van der Waals surface area (Å²) in [4.78, 5) is 15.9. The Labute approximate surface area is 142 Å². The van der Waals surface area contributed by atoms with E-state index >= 15 is 0 Å². The molecule has 0 fully saturated rings. The number of aryl methyl sites for hydroxylation is 2. The number of fused-ring (bicyclic) bond motifs is 1. The number of benzene rings is 2. The average Bonchev–Trinajstić information content (AvgIpc) is 2.74. The first-order valence-corrected chi connectivity index (χ1v) is 8.96. The minimum atomic E-state index is 0.0370. The van der Waals surface area contributed by atoms with Gasteiger partial charge in [0.1, 0.15) is 0 Å². The smallest absolute Gasteiger partial charge is 0.243 e. The van der Waals surface area contributed by atoms with Gasteiger partial charge in [-0.05, 0) is 61.4 Å². The van der Waals surface area contributed by atoms with Crippen LogP contribution in [0.15, 0.2) is 47.4 Å². The van der Waals surface area contributed by atoms with E-state index in [9.17, 15) is 4.79 Å². The van der Waals surface area contributed by atoms with Crippen molar-refractivity contribution in [2.75, 3.05) is 29.1 Å². The number of carbonyl (C=O) groups is 1. The lowest BCUT2D eigenvalue weighted by atomic mass is 10.1. The molecule has 2 aromatic rings. The molecule has 0 saturated heterocycles. The van der Waals surface area contributed by atoms with Crippen LogP contribution in [0.4, 0.5) is 11.4 Å². The van der Waals surface area contributed by atoms with Crippen LogP contribution in [0.3, 0.4) is 0 Å². The van der Waals surface area contributed by atoms with Gasteiger partial charge >= 0.3 is 0 Å². The van der Waals surface area contributed by atoms with E-state index in [0.29, 0.717) is 6.54 Å². The van der Waals surface area contributed by atoms with Gasteiger partial charge in [-0.1, -0.05) is 18.2 Å². The van der Waals surface area contributed by atoms with Crippen LogP contribution in [0.5, 0.6) is 0 Å². The van der Waals surface area contributed by atoms with Crippen molar-refractivity contribution >= 4 is 29.0 Å². The minimum absolute atomic E-state index is 0.0370. The third kappa shape index (κ3) is 3.88. The van der Waals surface area contributed by atoms with Crippen molar-refractivity contribution < 1.29 is 4.79 Å². The Kier molecular flexibility index (Phi) is 4.91. The Morgan fingerprint density at radius 1 is 1.17 bits per heavy atom. The van der Waals surface area contributed by atoms with E-state index in [4.69, 9.17) is 0 Å². The fourth-order valence-corrected chi connectivity index (χ4v) is 3.77. The topological polar surface area (TPSA) is 32.3 Å². The highest BCUT2D eigenvalue weighted by Crippen LogP contribution is 2.33. The monoisotopic (exact) mass is 326 g/mol. The largest absolute Gasteiger partial charge is 0.361 e. The van der Waals surface area contributed by atoms with Crippen LogP contribution >= 0.6 is 11.8 Å². The van der Waals surface area contributed by atoms with Gasteiger partial charge in [-0.25, -0.2) is 0 Å². The number of para-hydroxylation sites is 1. The first-order chi connectivity index (χ1) is 11.1. The highest BCUT2D eigenvalue weighted by atomic mass is 32.2. The molecule has 1 N–H and O–H groups in total. The predicted octanol–water partition coefficient (Wildman–Crippen LogP) is 4.24. The molecule has 1 aliphatic rings. The molecule has 0 radical (unpaired) electrons. The van der Waals surface area contributed by atoms with Gasteiger partial charge in [-0.15, -0.1) is 11.8 Å². The number of rotatable bonds is 3. The van der Waals surface area contributed by atoms with Crippen molar-refractivity contribution in [3.63, 3.8) is 0 Å². The second-order valence-electron chi connectivity index (χ2n) is 5.94. The molecule has 0 aromatic heterocycles. The maximum atomic E-state index is 12.4. The second kappa shape index (κ2) is 7.09. The summed E-state index contributed by atoms with van der Waals surface area (Å²) in [5.41, 5.74) is 4.47. The summed E-state index contributed by atoms with van der Waals surface area (Å²) in [6, 6.07) is 14.4. The quantitative estimate of drug-likeness (QED) is 0.915. The standard InChI is InChI=1S/C19H22N2OS/c1-14-8-9-16(12-15(14)2)20-19(22)13-21-10-5-11-23-18-7-4-3-6-17(18)21/h3-4,6-9,12H,5,10-11,13H2,1-2H3,(H,20,22). The van der Waals surface area contributed by atoms with Crippen molar-refractivity contribution in [1.29, 1.82) is 0 Å². The van der Waals surface area contributed by atoms with Gasteiger partial charge in [-0.3, -0.25) is 4.79 Å². The van der Waals surface area contributed by atoms with Gasteiger partial charge in [0.25, 0.3) is 0 Å². The lowest BCUT2D eigenvalue weighted by Gasteiger charge is -2.24. The van der Waals surface area contributed by atoms with Crippen molar-refractivity contribution in [2.45, 2.75) is 25.2 Å². The number of hydrogen-bond acceptors (Lipinski definition) is 3. The van der Waals surface area contributed by atoms with Gasteiger partial charge < -0.3 is 10.2 Å². The van der Waals surface area contributed by atoms with Gasteiger partial charge in [0, 0.05) is 17.1 Å². The SMILES string of the molecule is Cc1ccc(NC(=O)CN2CCCSc3ccccc32)cc1C. The summed E-state index contributed by atoms with van der Waals surface area (Å²) < 4.78 is 0. The first kappa shape index (κ1) is 15.9. The zero-order valence-electron chi connectivity index (χ0n) is 13.6. The minimum Gasteiger partial charge on any atom is -0.361 e. The predicted molar refractivity (Wildman–Crippen MR) is 98.5 cm³/mol. The van der Waals surface area contributed by atoms with Crippen molar-refractivity contribution in [1.82, 2.24) is 0 Å². The summed E-state index contributed by atoms with van der Waals surface area (Å²) in [7, 11) is 0. The average molecular weight is 326 g/mol. The van der Waals surface area contributed by atoms with Gasteiger partial charge in [0.2, 0.25) is 5.91 Å². The van der Waals surface area contributed by atoms with Crippen molar-refractivity contribution in [2.24, 2.45) is 0 Å². The van der Waals surface area contributed by atoms with Crippen LogP contribution in [0.1, 0.15) is 17.5 Å². The second-order valence-corrected chi connectivity index (χ2v) is 7.08. The Morgan fingerprint density at radius 3 is 2.83 bits per heavy atom. The highest BCUT2D eigenvalue weighted by molar-refractivity contribution is 7.99. The molecule has 0 unspecified atom stereocenters. The van der Waals surface area contributed by atoms with Gasteiger partial charge in [0.15, 0.2) is 0 Å². The normalized spacial score (nSPS) is 14.1. The van der Waals surface area contributed by atoms with E-state index in [1.54, 1.807) is 0 Å². The van der Waals surface area contributed by atoms with E-state index in [0.717, 1.165) is 24.4 Å². The van der Waals surface area contributed by atoms with Crippen molar-refractivity contribution in [3.8, 4) is 0 Å². The zero-order chi connectivity index (χ0) is 16.2. The van der Waals surface area contributed by atoms with Crippen LogP contribution in [0.2, 0.25) is 0 Å². The fourth-order valence-electron chi connectivity index (χ4n) is 2.76. The van der Waals surface area contributed by atoms with E-state index in [1.807, 2.05) is 36.0 Å². The molecule has 0 aliphatic carbocycles. The highest BCUT2D eigenvalue weighted by Gasteiger charge is 2.17. The maximum absolute atomic E-state index is 12.4. The third-order valence-electron chi connectivity index (χ3n) is 4.16. The Bertz CT molecular complexity index is 714. The number of nitrogens with one attached hydrogen (secondary N) is 1. The molecule has 120 valence electrons. The molecule has 1 aliphatic heterocycles. The molecule has 0 saturated carbocycles. The zero-order valence-corrected chi connectivity index (χ0v) is 14.5. The summed E-state index contributed by atoms with van der Waals surface area (Å²) in [5.74, 6) is 1.14. The number of amides is 1. The number of nitrogens with zero attached hydrogens (tertiary/aromatic N) is 1. The van der Waals surface area contributed by atoms with Crippen molar-refractivity contribution in [3.05, 3.63) is 53.6 Å². The van der Waals surface area contributed by atoms with E-state index in [-0.39, 0.29) is 5.91 Å². The molecule has 0 spiro atoms. The number of anilines is 2. The molecule has 1 heterocycles. The summed E-state index contributed by atoms with van der Waals surface area (Å²) in [6.07, 6.45) is 1.09. The Balaban J connectivity index is 1.71. The van der Waals surface area contributed by atoms with Crippen LogP contribution in [0.25, 0.3) is 0 Å². The fraction of sp³-hybridized carbons (Fsp3) is 0.316. The Hall–Kier alpha value is -1.94. The third-order valence-corrected chi connectivity index (χ3v) is 5.31. The van der Waals surface area contributed by atoms with E-state index in [1.165, 1.54) is 21.7 Å². The van der Waals surface area contributed by atoms with Crippen LogP contribution in [0, 0.1) is 13.8 Å². The number of hydrogen-bond donors (Lipinski definition) is 1. The summed E-state index contributed by atoms with van der Waals surface area (Å²) in [5, 5.41) is 3.02. The molecule has 0 bridgehead atoms. The molecule has 4 heteroatoms.